The second-order valence-electron chi connectivity index (χ2n) is 7.15. The van der Waals surface area contributed by atoms with Gasteiger partial charge in [0.05, 0.1) is 11.2 Å². The fraction of sp³-hybridized carbons (Fsp3) is 0.182. The average molecular weight is 405 g/mol. The van der Waals surface area contributed by atoms with Crippen molar-refractivity contribution in [3.05, 3.63) is 93.4 Å². The van der Waals surface area contributed by atoms with E-state index in [9.17, 15) is 19.7 Å². The van der Waals surface area contributed by atoms with Gasteiger partial charge in [-0.1, -0.05) is 30.3 Å². The maximum absolute atomic E-state index is 13.1. The molecular formula is C22H19N3O5. The van der Waals surface area contributed by atoms with Gasteiger partial charge in [0.2, 0.25) is 5.91 Å². The summed E-state index contributed by atoms with van der Waals surface area (Å²) in [4.78, 5) is 38.3. The number of amides is 2. The summed E-state index contributed by atoms with van der Waals surface area (Å²) in [6.07, 6.45) is 1.74. The zero-order valence-electron chi connectivity index (χ0n) is 16.2. The Hall–Kier alpha value is -3.94. The maximum Gasteiger partial charge on any atom is 0.290 e. The van der Waals surface area contributed by atoms with Crippen molar-refractivity contribution in [3.8, 4) is 0 Å². The molecule has 3 aromatic rings. The van der Waals surface area contributed by atoms with Gasteiger partial charge in [0, 0.05) is 30.3 Å². The van der Waals surface area contributed by atoms with Crippen molar-refractivity contribution in [2.75, 3.05) is 5.32 Å². The molecule has 0 fully saturated rings. The first-order chi connectivity index (χ1) is 14.4. The van der Waals surface area contributed by atoms with Crippen LogP contribution < -0.4 is 5.32 Å². The van der Waals surface area contributed by atoms with Crippen LogP contribution in [-0.4, -0.2) is 27.7 Å². The fourth-order valence-corrected chi connectivity index (χ4v) is 3.62. The molecule has 2 heterocycles. The highest BCUT2D eigenvalue weighted by atomic mass is 16.6. The Labute approximate surface area is 172 Å². The number of hydrogen-bond donors (Lipinski definition) is 1. The summed E-state index contributed by atoms with van der Waals surface area (Å²) in [5, 5.41) is 13.9. The molecule has 0 saturated carbocycles. The molecule has 1 aliphatic heterocycles. The molecule has 0 radical (unpaired) electrons. The van der Waals surface area contributed by atoms with Crippen molar-refractivity contribution in [1.29, 1.82) is 0 Å². The van der Waals surface area contributed by atoms with Gasteiger partial charge in [-0.15, -0.1) is 0 Å². The lowest BCUT2D eigenvalue weighted by Gasteiger charge is -2.35. The summed E-state index contributed by atoms with van der Waals surface area (Å²) in [6, 6.07) is 14.5. The number of hydrogen-bond acceptors (Lipinski definition) is 5. The van der Waals surface area contributed by atoms with E-state index in [2.05, 4.69) is 5.32 Å². The number of nitrogens with one attached hydrogen (secondary N) is 1. The number of furan rings is 1. The molecule has 152 valence electrons. The lowest BCUT2D eigenvalue weighted by Crippen LogP contribution is -2.50. The lowest BCUT2D eigenvalue weighted by molar-refractivity contribution is -0.385. The Morgan fingerprint density at radius 3 is 2.60 bits per heavy atom. The molecule has 2 aromatic carbocycles. The third kappa shape index (κ3) is 3.67. The zero-order valence-corrected chi connectivity index (χ0v) is 16.2. The number of nitro benzene ring substituents is 1. The van der Waals surface area contributed by atoms with Crippen molar-refractivity contribution in [3.63, 3.8) is 0 Å². The van der Waals surface area contributed by atoms with Crippen LogP contribution in [0.3, 0.4) is 0 Å². The van der Waals surface area contributed by atoms with Crippen molar-refractivity contribution >= 4 is 23.2 Å². The summed E-state index contributed by atoms with van der Waals surface area (Å²) in [5.74, 6) is -0.648. The number of carbonyl (C=O) groups is 2. The number of rotatable bonds is 4. The first kappa shape index (κ1) is 19.4. The van der Waals surface area contributed by atoms with E-state index in [4.69, 9.17) is 4.42 Å². The molecular weight excluding hydrogens is 386 g/mol. The predicted octanol–water partition coefficient (Wildman–Crippen LogP) is 3.70. The molecule has 1 atom stereocenters. The molecule has 30 heavy (non-hydrogen) atoms. The summed E-state index contributed by atoms with van der Waals surface area (Å²) < 4.78 is 5.24. The van der Waals surface area contributed by atoms with Crippen LogP contribution >= 0.6 is 0 Å². The molecule has 0 aliphatic carbocycles. The van der Waals surface area contributed by atoms with Gasteiger partial charge >= 0.3 is 0 Å². The van der Waals surface area contributed by atoms with Crippen LogP contribution in [-0.2, 0) is 17.8 Å². The number of aryl methyl sites for hydroxylation is 1. The minimum Gasteiger partial charge on any atom is -0.459 e. The number of nitrogens with zero attached hydrogens (tertiary/aromatic N) is 2. The SMILES string of the molecule is Cc1ccc(NC(=O)C2Cc3ccccc3CN2C(=O)c2ccco2)cc1[N+](=O)[O-]. The third-order valence-electron chi connectivity index (χ3n) is 5.22. The Bertz CT molecular complexity index is 1120. The van der Waals surface area contributed by atoms with E-state index in [0.717, 1.165) is 11.1 Å². The van der Waals surface area contributed by atoms with Crippen molar-refractivity contribution in [2.45, 2.75) is 25.9 Å². The van der Waals surface area contributed by atoms with Gasteiger partial charge in [-0.25, -0.2) is 0 Å². The number of fused-ring (bicyclic) bond motifs is 1. The highest BCUT2D eigenvalue weighted by Gasteiger charge is 2.36. The molecule has 1 N–H and O–H groups in total. The predicted molar refractivity (Wildman–Crippen MR) is 109 cm³/mol. The average Bonchev–Trinajstić information content (AvgIpc) is 3.28. The maximum atomic E-state index is 13.1. The highest BCUT2D eigenvalue weighted by molar-refractivity contribution is 6.00. The van der Waals surface area contributed by atoms with Gasteiger partial charge in [0.25, 0.3) is 11.6 Å². The van der Waals surface area contributed by atoms with E-state index in [1.807, 2.05) is 24.3 Å². The Balaban J connectivity index is 1.64. The molecule has 0 spiro atoms. The minimum absolute atomic E-state index is 0.0784. The summed E-state index contributed by atoms with van der Waals surface area (Å²) in [7, 11) is 0. The standard InChI is InChI=1S/C22H19N3O5/c1-14-8-9-17(12-18(14)25(28)29)23-21(26)19-11-15-5-2-3-6-16(15)13-24(19)22(27)20-7-4-10-30-20/h2-10,12,19H,11,13H2,1H3,(H,23,26). The van der Waals surface area contributed by atoms with E-state index in [1.54, 1.807) is 31.2 Å². The van der Waals surface area contributed by atoms with E-state index in [1.165, 1.54) is 17.2 Å². The first-order valence-electron chi connectivity index (χ1n) is 9.41. The third-order valence-corrected chi connectivity index (χ3v) is 5.22. The number of benzene rings is 2. The quantitative estimate of drug-likeness (QED) is 0.526. The smallest absolute Gasteiger partial charge is 0.290 e. The summed E-state index contributed by atoms with van der Waals surface area (Å²) in [5.41, 5.74) is 2.68. The van der Waals surface area contributed by atoms with Crippen LogP contribution in [0.15, 0.2) is 65.3 Å². The van der Waals surface area contributed by atoms with Crippen LogP contribution in [0, 0.1) is 17.0 Å². The Morgan fingerprint density at radius 2 is 1.90 bits per heavy atom. The van der Waals surface area contributed by atoms with Gasteiger partial charge in [-0.2, -0.15) is 0 Å². The molecule has 1 unspecified atom stereocenters. The van der Waals surface area contributed by atoms with Crippen molar-refractivity contribution in [2.24, 2.45) is 0 Å². The van der Waals surface area contributed by atoms with E-state index in [0.29, 0.717) is 17.7 Å². The van der Waals surface area contributed by atoms with Gasteiger partial charge in [-0.3, -0.25) is 19.7 Å². The van der Waals surface area contributed by atoms with Crippen LogP contribution in [0.5, 0.6) is 0 Å². The molecule has 8 nitrogen and oxygen atoms in total. The van der Waals surface area contributed by atoms with E-state index < -0.39 is 16.9 Å². The number of carbonyl (C=O) groups excluding carboxylic acids is 2. The molecule has 4 rings (SSSR count). The largest absolute Gasteiger partial charge is 0.459 e. The van der Waals surface area contributed by atoms with Crippen molar-refractivity contribution < 1.29 is 18.9 Å². The van der Waals surface area contributed by atoms with E-state index in [-0.39, 0.29) is 23.9 Å². The van der Waals surface area contributed by atoms with Gasteiger partial charge in [0.1, 0.15) is 6.04 Å². The molecule has 0 bridgehead atoms. The van der Waals surface area contributed by atoms with Crippen LogP contribution in [0.2, 0.25) is 0 Å². The van der Waals surface area contributed by atoms with Gasteiger partial charge < -0.3 is 14.6 Å². The molecule has 2 amide bonds. The molecule has 1 aromatic heterocycles. The zero-order chi connectivity index (χ0) is 21.3. The number of nitro groups is 1. The minimum atomic E-state index is -0.780. The fourth-order valence-electron chi connectivity index (χ4n) is 3.62. The second kappa shape index (κ2) is 7.82. The van der Waals surface area contributed by atoms with E-state index >= 15 is 0 Å². The van der Waals surface area contributed by atoms with Crippen LogP contribution in [0.4, 0.5) is 11.4 Å². The van der Waals surface area contributed by atoms with Crippen LogP contribution in [0.25, 0.3) is 0 Å². The van der Waals surface area contributed by atoms with Crippen molar-refractivity contribution in [1.82, 2.24) is 4.90 Å². The number of anilines is 1. The summed E-state index contributed by atoms with van der Waals surface area (Å²) in [6.45, 7) is 1.90. The topological polar surface area (TPSA) is 106 Å². The Morgan fingerprint density at radius 1 is 1.13 bits per heavy atom. The lowest BCUT2D eigenvalue weighted by atomic mass is 9.93. The molecule has 8 heteroatoms. The normalized spacial score (nSPS) is 15.4. The Kier molecular flexibility index (Phi) is 5.05. The molecule has 0 saturated heterocycles. The molecule has 1 aliphatic rings. The highest BCUT2D eigenvalue weighted by Crippen LogP contribution is 2.27. The van der Waals surface area contributed by atoms with Gasteiger partial charge in [0.15, 0.2) is 5.76 Å². The van der Waals surface area contributed by atoms with Crippen LogP contribution in [0.1, 0.15) is 27.2 Å². The van der Waals surface area contributed by atoms with Gasteiger partial charge in [-0.05, 0) is 36.2 Å². The first-order valence-corrected chi connectivity index (χ1v) is 9.41. The summed E-state index contributed by atoms with van der Waals surface area (Å²) >= 11 is 0. The second-order valence-corrected chi connectivity index (χ2v) is 7.15. The monoisotopic (exact) mass is 405 g/mol.